The van der Waals surface area contributed by atoms with Gasteiger partial charge in [-0.2, -0.15) is 13.2 Å². The zero-order valence-corrected chi connectivity index (χ0v) is 12.6. The largest absolute Gasteiger partial charge is 0.416 e. The van der Waals surface area contributed by atoms with Gasteiger partial charge in [-0.3, -0.25) is 0 Å². The lowest BCUT2D eigenvalue weighted by Gasteiger charge is -2.10. The molecule has 0 atom stereocenters. The van der Waals surface area contributed by atoms with E-state index in [1.807, 2.05) is 18.4 Å². The van der Waals surface area contributed by atoms with Crippen LogP contribution in [0.3, 0.4) is 0 Å². The predicted molar refractivity (Wildman–Crippen MR) is 79.6 cm³/mol. The van der Waals surface area contributed by atoms with Crippen molar-refractivity contribution >= 4 is 17.4 Å². The zero-order valence-electron chi connectivity index (χ0n) is 11.8. The molecular formula is C15H15F3N2OS. The van der Waals surface area contributed by atoms with Crippen molar-refractivity contribution < 1.29 is 18.0 Å². The van der Waals surface area contributed by atoms with Gasteiger partial charge in [-0.1, -0.05) is 12.1 Å². The maximum atomic E-state index is 12.6. The molecule has 0 saturated heterocycles. The Hall–Kier alpha value is -2.02. The summed E-state index contributed by atoms with van der Waals surface area (Å²) in [6, 6.07) is 6.45. The van der Waals surface area contributed by atoms with Crippen molar-refractivity contribution in [3.8, 4) is 0 Å². The van der Waals surface area contributed by atoms with E-state index in [1.54, 1.807) is 17.4 Å². The highest BCUT2D eigenvalue weighted by molar-refractivity contribution is 7.10. The van der Waals surface area contributed by atoms with Crippen molar-refractivity contribution in [1.82, 2.24) is 10.6 Å². The second-order valence-corrected chi connectivity index (χ2v) is 5.76. The first-order valence-electron chi connectivity index (χ1n) is 6.57. The number of nitrogens with one attached hydrogen (secondary N) is 2. The van der Waals surface area contributed by atoms with Crippen LogP contribution in [0, 0.1) is 6.92 Å². The van der Waals surface area contributed by atoms with E-state index >= 15 is 0 Å². The molecule has 3 nitrogen and oxygen atoms in total. The summed E-state index contributed by atoms with van der Waals surface area (Å²) in [4.78, 5) is 12.7. The Bertz CT molecular complexity index is 652. The predicted octanol–water partition coefficient (Wildman–Crippen LogP) is 4.07. The van der Waals surface area contributed by atoms with E-state index in [0.29, 0.717) is 12.1 Å². The second-order valence-electron chi connectivity index (χ2n) is 4.76. The Morgan fingerprint density at radius 1 is 1.18 bits per heavy atom. The number of amides is 2. The molecule has 1 heterocycles. The van der Waals surface area contributed by atoms with E-state index in [2.05, 4.69) is 10.6 Å². The molecule has 2 amide bonds. The first-order valence-corrected chi connectivity index (χ1v) is 7.45. The summed E-state index contributed by atoms with van der Waals surface area (Å²) in [6.07, 6.45) is -4.38. The first-order chi connectivity index (χ1) is 10.4. The van der Waals surface area contributed by atoms with Crippen LogP contribution in [0.15, 0.2) is 35.7 Å². The molecular weight excluding hydrogens is 313 g/mol. The Balaban J connectivity index is 1.85. The normalized spacial score (nSPS) is 11.3. The van der Waals surface area contributed by atoms with Crippen LogP contribution in [-0.2, 0) is 19.3 Å². The maximum Gasteiger partial charge on any atom is 0.416 e. The SMILES string of the molecule is Cc1ccsc1CNC(=O)NCc1cccc(C(F)(F)F)c1. The molecule has 7 heteroatoms. The lowest BCUT2D eigenvalue weighted by Crippen LogP contribution is -2.34. The van der Waals surface area contributed by atoms with Crippen LogP contribution in [-0.4, -0.2) is 6.03 Å². The van der Waals surface area contributed by atoms with Gasteiger partial charge < -0.3 is 10.6 Å². The highest BCUT2D eigenvalue weighted by Gasteiger charge is 2.30. The second kappa shape index (κ2) is 6.83. The summed E-state index contributed by atoms with van der Waals surface area (Å²) in [5.74, 6) is 0. The molecule has 0 bridgehead atoms. The molecule has 2 rings (SSSR count). The summed E-state index contributed by atoms with van der Waals surface area (Å²) >= 11 is 1.54. The Morgan fingerprint density at radius 3 is 2.55 bits per heavy atom. The Morgan fingerprint density at radius 2 is 1.91 bits per heavy atom. The number of carbonyl (C=O) groups is 1. The number of aryl methyl sites for hydroxylation is 1. The average Bonchev–Trinajstić information content (AvgIpc) is 2.88. The van der Waals surface area contributed by atoms with Crippen molar-refractivity contribution in [3.05, 3.63) is 57.3 Å². The highest BCUT2D eigenvalue weighted by Crippen LogP contribution is 2.29. The standard InChI is InChI=1S/C15H15F3N2OS/c1-10-5-6-22-13(10)9-20-14(21)19-8-11-3-2-4-12(7-11)15(16,17)18/h2-7H,8-9H2,1H3,(H2,19,20,21). The summed E-state index contributed by atoms with van der Waals surface area (Å²) in [5, 5.41) is 7.16. The van der Waals surface area contributed by atoms with Crippen LogP contribution in [0.25, 0.3) is 0 Å². The monoisotopic (exact) mass is 328 g/mol. The first kappa shape index (κ1) is 16.4. The molecule has 2 aromatic rings. The lowest BCUT2D eigenvalue weighted by molar-refractivity contribution is -0.137. The molecule has 0 aliphatic heterocycles. The number of carbonyl (C=O) groups excluding carboxylic acids is 1. The summed E-state index contributed by atoms with van der Waals surface area (Å²) < 4.78 is 37.8. The number of hydrogen-bond acceptors (Lipinski definition) is 2. The molecule has 0 fully saturated rings. The van der Waals surface area contributed by atoms with Crippen molar-refractivity contribution in [1.29, 1.82) is 0 Å². The van der Waals surface area contributed by atoms with Gasteiger partial charge in [0.15, 0.2) is 0 Å². The highest BCUT2D eigenvalue weighted by atomic mass is 32.1. The molecule has 0 aliphatic rings. The number of halogens is 3. The van der Waals surface area contributed by atoms with Crippen molar-refractivity contribution in [2.24, 2.45) is 0 Å². The van der Waals surface area contributed by atoms with Crippen molar-refractivity contribution in [3.63, 3.8) is 0 Å². The van der Waals surface area contributed by atoms with Gasteiger partial charge >= 0.3 is 12.2 Å². The molecule has 1 aromatic carbocycles. The van der Waals surface area contributed by atoms with Gasteiger partial charge in [0.25, 0.3) is 0 Å². The molecule has 0 spiro atoms. The van der Waals surface area contributed by atoms with Gasteiger partial charge in [-0.15, -0.1) is 11.3 Å². The quantitative estimate of drug-likeness (QED) is 0.872. The van der Waals surface area contributed by atoms with Gasteiger partial charge in [0.05, 0.1) is 12.1 Å². The number of rotatable bonds is 4. The Kier molecular flexibility index (Phi) is 5.07. The maximum absolute atomic E-state index is 12.6. The van der Waals surface area contributed by atoms with Crippen LogP contribution in [0.1, 0.15) is 21.6 Å². The Labute approximate surface area is 130 Å². The van der Waals surface area contributed by atoms with Gasteiger partial charge in [0.2, 0.25) is 0 Å². The molecule has 0 unspecified atom stereocenters. The molecule has 0 radical (unpaired) electrons. The number of hydrogen-bond donors (Lipinski definition) is 2. The molecule has 1 aromatic heterocycles. The fourth-order valence-corrected chi connectivity index (χ4v) is 2.69. The van der Waals surface area contributed by atoms with E-state index < -0.39 is 17.8 Å². The average molecular weight is 328 g/mol. The van der Waals surface area contributed by atoms with Gasteiger partial charge in [-0.05, 0) is 41.6 Å². The molecule has 22 heavy (non-hydrogen) atoms. The third-order valence-corrected chi connectivity index (χ3v) is 4.11. The van der Waals surface area contributed by atoms with E-state index in [0.717, 1.165) is 22.6 Å². The summed E-state index contributed by atoms with van der Waals surface area (Å²) in [5.41, 5.74) is 0.780. The van der Waals surface area contributed by atoms with E-state index in [4.69, 9.17) is 0 Å². The molecule has 2 N–H and O–H groups in total. The van der Waals surface area contributed by atoms with Crippen LogP contribution >= 0.6 is 11.3 Å². The van der Waals surface area contributed by atoms with E-state index in [9.17, 15) is 18.0 Å². The van der Waals surface area contributed by atoms with E-state index in [1.165, 1.54) is 6.07 Å². The third-order valence-electron chi connectivity index (χ3n) is 3.09. The van der Waals surface area contributed by atoms with E-state index in [-0.39, 0.29) is 6.54 Å². The fourth-order valence-electron chi connectivity index (χ4n) is 1.85. The minimum absolute atomic E-state index is 0.0408. The number of urea groups is 1. The zero-order chi connectivity index (χ0) is 16.2. The topological polar surface area (TPSA) is 41.1 Å². The molecule has 0 saturated carbocycles. The van der Waals surface area contributed by atoms with Crippen LogP contribution in [0.2, 0.25) is 0 Å². The molecule has 118 valence electrons. The van der Waals surface area contributed by atoms with Crippen molar-refractivity contribution in [2.75, 3.05) is 0 Å². The third kappa shape index (κ3) is 4.49. The van der Waals surface area contributed by atoms with Crippen LogP contribution in [0.4, 0.5) is 18.0 Å². The lowest BCUT2D eigenvalue weighted by atomic mass is 10.1. The minimum Gasteiger partial charge on any atom is -0.334 e. The van der Waals surface area contributed by atoms with Crippen LogP contribution in [0.5, 0.6) is 0 Å². The smallest absolute Gasteiger partial charge is 0.334 e. The molecule has 0 aliphatic carbocycles. The van der Waals surface area contributed by atoms with Gasteiger partial charge in [0.1, 0.15) is 0 Å². The summed E-state index contributed by atoms with van der Waals surface area (Å²) in [6.45, 7) is 2.39. The minimum atomic E-state index is -4.38. The summed E-state index contributed by atoms with van der Waals surface area (Å²) in [7, 11) is 0. The van der Waals surface area contributed by atoms with Crippen molar-refractivity contribution in [2.45, 2.75) is 26.2 Å². The number of benzene rings is 1. The van der Waals surface area contributed by atoms with Gasteiger partial charge in [-0.25, -0.2) is 4.79 Å². The van der Waals surface area contributed by atoms with Gasteiger partial charge in [0, 0.05) is 11.4 Å². The number of alkyl halides is 3. The number of thiophene rings is 1. The van der Waals surface area contributed by atoms with Crippen LogP contribution < -0.4 is 10.6 Å². The fraction of sp³-hybridized carbons (Fsp3) is 0.267.